The summed E-state index contributed by atoms with van der Waals surface area (Å²) in [4.78, 5) is 2.72. The molecule has 0 aromatic carbocycles. The summed E-state index contributed by atoms with van der Waals surface area (Å²) in [5.74, 6) is 0.902. The second kappa shape index (κ2) is 4.43. The lowest BCUT2D eigenvalue weighted by Gasteiger charge is -2.42. The zero-order chi connectivity index (χ0) is 9.10. The SMILES string of the molecule is NCCC1CCCN(C2CCC2)C1. The molecule has 2 aliphatic rings. The molecule has 1 aliphatic heterocycles. The second-order valence-electron chi connectivity index (χ2n) is 4.67. The summed E-state index contributed by atoms with van der Waals surface area (Å²) >= 11 is 0. The molecule has 2 fully saturated rings. The van der Waals surface area contributed by atoms with Gasteiger partial charge in [-0.05, 0) is 51.1 Å². The van der Waals surface area contributed by atoms with Gasteiger partial charge in [-0.1, -0.05) is 6.42 Å². The normalized spacial score (nSPS) is 31.6. The lowest BCUT2D eigenvalue weighted by molar-refractivity contribution is 0.0752. The first-order valence-corrected chi connectivity index (χ1v) is 5.84. The number of nitrogens with two attached hydrogens (primary N) is 1. The van der Waals surface area contributed by atoms with Crippen LogP contribution in [0.2, 0.25) is 0 Å². The van der Waals surface area contributed by atoms with Gasteiger partial charge in [0.15, 0.2) is 0 Å². The molecule has 1 unspecified atom stereocenters. The number of rotatable bonds is 3. The Morgan fingerprint density at radius 1 is 1.15 bits per heavy atom. The fourth-order valence-corrected chi connectivity index (χ4v) is 2.65. The molecule has 2 N–H and O–H groups in total. The van der Waals surface area contributed by atoms with Crippen LogP contribution in [0.25, 0.3) is 0 Å². The molecule has 1 saturated heterocycles. The van der Waals surface area contributed by atoms with Gasteiger partial charge in [-0.25, -0.2) is 0 Å². The number of hydrogen-bond acceptors (Lipinski definition) is 2. The molecule has 2 heteroatoms. The van der Waals surface area contributed by atoms with Crippen LogP contribution in [0, 0.1) is 5.92 Å². The van der Waals surface area contributed by atoms with Crippen molar-refractivity contribution in [2.75, 3.05) is 19.6 Å². The number of piperidine rings is 1. The first kappa shape index (κ1) is 9.47. The molecule has 2 nitrogen and oxygen atoms in total. The van der Waals surface area contributed by atoms with E-state index in [4.69, 9.17) is 5.73 Å². The summed E-state index contributed by atoms with van der Waals surface area (Å²) in [5.41, 5.74) is 5.61. The fraction of sp³-hybridized carbons (Fsp3) is 1.00. The van der Waals surface area contributed by atoms with Gasteiger partial charge in [-0.3, -0.25) is 0 Å². The summed E-state index contributed by atoms with van der Waals surface area (Å²) in [6, 6.07) is 0.945. The van der Waals surface area contributed by atoms with Gasteiger partial charge >= 0.3 is 0 Å². The molecule has 13 heavy (non-hydrogen) atoms. The van der Waals surface area contributed by atoms with Gasteiger partial charge in [0.05, 0.1) is 0 Å². The van der Waals surface area contributed by atoms with E-state index in [0.717, 1.165) is 18.5 Å². The van der Waals surface area contributed by atoms with Crippen LogP contribution in [0.3, 0.4) is 0 Å². The third-order valence-electron chi connectivity index (χ3n) is 3.72. The van der Waals surface area contributed by atoms with Crippen LogP contribution < -0.4 is 5.73 Å². The van der Waals surface area contributed by atoms with Gasteiger partial charge < -0.3 is 10.6 Å². The van der Waals surface area contributed by atoms with E-state index in [9.17, 15) is 0 Å². The Hall–Kier alpha value is -0.0800. The van der Waals surface area contributed by atoms with Crippen LogP contribution in [0.1, 0.15) is 38.5 Å². The number of hydrogen-bond donors (Lipinski definition) is 1. The maximum atomic E-state index is 5.61. The van der Waals surface area contributed by atoms with Crippen molar-refractivity contribution in [2.24, 2.45) is 11.7 Å². The van der Waals surface area contributed by atoms with E-state index in [-0.39, 0.29) is 0 Å². The summed E-state index contributed by atoms with van der Waals surface area (Å²) in [6.45, 7) is 3.57. The van der Waals surface area contributed by atoms with E-state index >= 15 is 0 Å². The fourth-order valence-electron chi connectivity index (χ4n) is 2.65. The van der Waals surface area contributed by atoms with E-state index < -0.39 is 0 Å². The summed E-state index contributed by atoms with van der Waals surface area (Å²) in [5, 5.41) is 0. The van der Waals surface area contributed by atoms with Crippen molar-refractivity contribution in [1.29, 1.82) is 0 Å². The second-order valence-corrected chi connectivity index (χ2v) is 4.67. The maximum absolute atomic E-state index is 5.61. The lowest BCUT2D eigenvalue weighted by atomic mass is 9.87. The molecule has 1 atom stereocenters. The van der Waals surface area contributed by atoms with E-state index in [1.807, 2.05) is 0 Å². The van der Waals surface area contributed by atoms with Gasteiger partial charge in [0.1, 0.15) is 0 Å². The quantitative estimate of drug-likeness (QED) is 0.718. The van der Waals surface area contributed by atoms with Gasteiger partial charge in [0.25, 0.3) is 0 Å². The molecule has 1 heterocycles. The molecule has 1 saturated carbocycles. The van der Waals surface area contributed by atoms with Gasteiger partial charge in [-0.2, -0.15) is 0 Å². The average molecular weight is 182 g/mol. The molecule has 0 amide bonds. The molecular weight excluding hydrogens is 160 g/mol. The Labute approximate surface area is 81.5 Å². The van der Waals surface area contributed by atoms with Crippen LogP contribution in [0.5, 0.6) is 0 Å². The highest BCUT2D eigenvalue weighted by Crippen LogP contribution is 2.29. The van der Waals surface area contributed by atoms with Crippen molar-refractivity contribution >= 4 is 0 Å². The minimum absolute atomic E-state index is 0.878. The summed E-state index contributed by atoms with van der Waals surface area (Å²) < 4.78 is 0. The minimum atomic E-state index is 0.878. The highest BCUT2D eigenvalue weighted by Gasteiger charge is 2.28. The Morgan fingerprint density at radius 3 is 2.62 bits per heavy atom. The average Bonchev–Trinajstić information content (AvgIpc) is 2.02. The van der Waals surface area contributed by atoms with Crippen molar-refractivity contribution in [1.82, 2.24) is 4.90 Å². The van der Waals surface area contributed by atoms with E-state index in [1.165, 1.54) is 51.6 Å². The Kier molecular flexibility index (Phi) is 3.23. The third kappa shape index (κ3) is 2.23. The predicted octanol–water partition coefficient (Wildman–Crippen LogP) is 1.60. The van der Waals surface area contributed by atoms with Crippen LogP contribution in [-0.2, 0) is 0 Å². The monoisotopic (exact) mass is 182 g/mol. The molecule has 0 radical (unpaired) electrons. The largest absolute Gasteiger partial charge is 0.330 e. The molecular formula is C11H22N2. The smallest absolute Gasteiger partial charge is 0.00953 e. The van der Waals surface area contributed by atoms with Crippen molar-refractivity contribution in [3.63, 3.8) is 0 Å². The van der Waals surface area contributed by atoms with Crippen molar-refractivity contribution in [3.8, 4) is 0 Å². The van der Waals surface area contributed by atoms with Crippen molar-refractivity contribution in [2.45, 2.75) is 44.6 Å². The van der Waals surface area contributed by atoms with E-state index in [1.54, 1.807) is 0 Å². The van der Waals surface area contributed by atoms with Crippen LogP contribution in [0.15, 0.2) is 0 Å². The number of nitrogens with zero attached hydrogens (tertiary/aromatic N) is 1. The predicted molar refractivity (Wildman–Crippen MR) is 55.6 cm³/mol. The Balaban J connectivity index is 1.77. The first-order chi connectivity index (χ1) is 6.40. The van der Waals surface area contributed by atoms with Crippen molar-refractivity contribution in [3.05, 3.63) is 0 Å². The standard InChI is InChI=1S/C11H22N2/c12-7-6-10-3-2-8-13(9-10)11-4-1-5-11/h10-11H,1-9,12H2. The van der Waals surface area contributed by atoms with Gasteiger partial charge in [-0.15, -0.1) is 0 Å². The molecule has 2 rings (SSSR count). The zero-order valence-electron chi connectivity index (χ0n) is 8.54. The molecule has 0 aromatic heterocycles. The topological polar surface area (TPSA) is 29.3 Å². The molecule has 0 aromatic rings. The zero-order valence-corrected chi connectivity index (χ0v) is 8.54. The lowest BCUT2D eigenvalue weighted by Crippen LogP contribution is -2.46. The first-order valence-electron chi connectivity index (χ1n) is 5.84. The van der Waals surface area contributed by atoms with Crippen LogP contribution >= 0.6 is 0 Å². The summed E-state index contributed by atoms with van der Waals surface area (Å²) in [7, 11) is 0. The minimum Gasteiger partial charge on any atom is -0.330 e. The molecule has 0 bridgehead atoms. The molecule has 1 aliphatic carbocycles. The Morgan fingerprint density at radius 2 is 2.00 bits per heavy atom. The molecule has 0 spiro atoms. The highest BCUT2D eigenvalue weighted by atomic mass is 15.2. The highest BCUT2D eigenvalue weighted by molar-refractivity contribution is 4.84. The number of likely N-dealkylation sites (tertiary alicyclic amines) is 1. The van der Waals surface area contributed by atoms with Crippen LogP contribution in [-0.4, -0.2) is 30.6 Å². The summed E-state index contributed by atoms with van der Waals surface area (Å²) in [6.07, 6.45) is 8.43. The van der Waals surface area contributed by atoms with Gasteiger partial charge in [0.2, 0.25) is 0 Å². The van der Waals surface area contributed by atoms with Crippen LogP contribution in [0.4, 0.5) is 0 Å². The third-order valence-corrected chi connectivity index (χ3v) is 3.72. The maximum Gasteiger partial charge on any atom is 0.00953 e. The van der Waals surface area contributed by atoms with Crippen molar-refractivity contribution < 1.29 is 0 Å². The Bertz CT molecular complexity index is 152. The van der Waals surface area contributed by atoms with E-state index in [0.29, 0.717) is 0 Å². The van der Waals surface area contributed by atoms with E-state index in [2.05, 4.69) is 4.90 Å². The molecule has 76 valence electrons. The van der Waals surface area contributed by atoms with Gasteiger partial charge in [0, 0.05) is 12.6 Å².